The van der Waals surface area contributed by atoms with E-state index in [2.05, 4.69) is 43.9 Å². The molecule has 0 aromatic heterocycles. The van der Waals surface area contributed by atoms with Gasteiger partial charge in [0.25, 0.3) is 0 Å². The number of nitrogens with zero attached hydrogens (tertiary/aromatic N) is 4. The van der Waals surface area contributed by atoms with Gasteiger partial charge in [-0.15, -0.1) is 0 Å². The summed E-state index contributed by atoms with van der Waals surface area (Å²) in [6.45, 7) is 11.4. The number of benzene rings is 2. The van der Waals surface area contributed by atoms with Gasteiger partial charge in [-0.05, 0) is 62.4 Å². The fourth-order valence-corrected chi connectivity index (χ4v) is 5.67. The second-order valence-electron chi connectivity index (χ2n) is 10.4. The zero-order chi connectivity index (χ0) is 25.2. The number of amides is 3. The second kappa shape index (κ2) is 10.4. The highest BCUT2D eigenvalue weighted by Gasteiger charge is 2.36. The van der Waals surface area contributed by atoms with Crippen molar-refractivity contribution in [1.29, 1.82) is 0 Å². The fourth-order valence-electron chi connectivity index (χ4n) is 5.67. The molecule has 0 aliphatic carbocycles. The van der Waals surface area contributed by atoms with Gasteiger partial charge in [0.15, 0.2) is 0 Å². The van der Waals surface area contributed by atoms with Gasteiger partial charge in [0.05, 0.1) is 12.2 Å². The molecular formula is C29H38N4O3. The van der Waals surface area contributed by atoms with Crippen molar-refractivity contribution in [2.75, 3.05) is 55.6 Å². The molecular weight excluding hydrogens is 452 g/mol. The number of carbonyl (C=O) groups excluding carboxylic acids is 2. The Kier molecular flexibility index (Phi) is 7.08. The molecule has 3 amide bonds. The van der Waals surface area contributed by atoms with Gasteiger partial charge in [0, 0.05) is 50.9 Å². The molecule has 7 nitrogen and oxygen atoms in total. The number of piperazine rings is 1. The number of ether oxygens (including phenoxy) is 1. The normalized spacial score (nSPS) is 20.7. The van der Waals surface area contributed by atoms with Crippen LogP contribution in [0.2, 0.25) is 0 Å². The Labute approximate surface area is 214 Å². The monoisotopic (exact) mass is 490 g/mol. The van der Waals surface area contributed by atoms with E-state index in [0.717, 1.165) is 56.9 Å². The van der Waals surface area contributed by atoms with Gasteiger partial charge in [0.1, 0.15) is 11.9 Å². The van der Waals surface area contributed by atoms with Gasteiger partial charge < -0.3 is 19.4 Å². The van der Waals surface area contributed by atoms with Crippen LogP contribution in [0.5, 0.6) is 5.75 Å². The van der Waals surface area contributed by atoms with Crippen LogP contribution in [0.1, 0.15) is 37.3 Å². The van der Waals surface area contributed by atoms with Crippen molar-refractivity contribution >= 4 is 23.3 Å². The number of urea groups is 1. The molecule has 0 spiro atoms. The topological polar surface area (TPSA) is 56.3 Å². The van der Waals surface area contributed by atoms with Crippen LogP contribution in [0, 0.1) is 19.8 Å². The van der Waals surface area contributed by atoms with Crippen LogP contribution in [0.4, 0.5) is 16.2 Å². The minimum atomic E-state index is 0.00155. The highest BCUT2D eigenvalue weighted by atomic mass is 16.5. The summed E-state index contributed by atoms with van der Waals surface area (Å²) >= 11 is 0. The third kappa shape index (κ3) is 4.88. The molecule has 5 rings (SSSR count). The molecule has 7 heteroatoms. The molecule has 0 unspecified atom stereocenters. The summed E-state index contributed by atoms with van der Waals surface area (Å²) in [6.07, 6.45) is 2.31. The van der Waals surface area contributed by atoms with E-state index in [1.165, 1.54) is 16.8 Å². The van der Waals surface area contributed by atoms with E-state index in [9.17, 15) is 9.59 Å². The number of likely N-dealkylation sites (tertiary alicyclic amines) is 1. The van der Waals surface area contributed by atoms with E-state index in [1.807, 2.05) is 39.0 Å². The van der Waals surface area contributed by atoms with E-state index in [0.29, 0.717) is 19.6 Å². The molecule has 2 saturated heterocycles. The summed E-state index contributed by atoms with van der Waals surface area (Å²) in [4.78, 5) is 35.0. The molecule has 0 bridgehead atoms. The molecule has 0 N–H and O–H groups in total. The maximum Gasteiger partial charge on any atom is 0.324 e. The lowest BCUT2D eigenvalue weighted by Gasteiger charge is -2.41. The van der Waals surface area contributed by atoms with Gasteiger partial charge in [-0.25, -0.2) is 4.79 Å². The van der Waals surface area contributed by atoms with E-state index in [-0.39, 0.29) is 24.0 Å². The molecule has 0 radical (unpaired) electrons. The van der Waals surface area contributed by atoms with E-state index in [4.69, 9.17) is 4.74 Å². The fraction of sp³-hybridized carbons (Fsp3) is 0.517. The third-order valence-electron chi connectivity index (χ3n) is 7.93. The maximum atomic E-state index is 13.5. The first-order valence-corrected chi connectivity index (χ1v) is 13.4. The van der Waals surface area contributed by atoms with E-state index >= 15 is 0 Å². The third-order valence-corrected chi connectivity index (χ3v) is 7.93. The van der Waals surface area contributed by atoms with Crippen LogP contribution >= 0.6 is 0 Å². The SMILES string of the molecule is CC[C@H]1CN(C(=O)N2CCC(C(=O)N3CCN(c4cc(C)ccc4C)CC3)CC2)c2ccccc2O1. The zero-order valence-electron chi connectivity index (χ0n) is 21.8. The number of rotatable bonds is 3. The zero-order valence-corrected chi connectivity index (χ0v) is 21.8. The highest BCUT2D eigenvalue weighted by Crippen LogP contribution is 2.35. The Balaban J connectivity index is 1.16. The lowest BCUT2D eigenvalue weighted by Crippen LogP contribution is -2.54. The largest absolute Gasteiger partial charge is 0.486 e. The smallest absolute Gasteiger partial charge is 0.324 e. The molecule has 0 saturated carbocycles. The van der Waals surface area contributed by atoms with Crippen molar-refractivity contribution in [3.8, 4) is 5.75 Å². The predicted octanol–water partition coefficient (Wildman–Crippen LogP) is 4.46. The van der Waals surface area contributed by atoms with Crippen LogP contribution < -0.4 is 14.5 Å². The molecule has 36 heavy (non-hydrogen) atoms. The van der Waals surface area contributed by atoms with Crippen molar-refractivity contribution in [1.82, 2.24) is 9.80 Å². The number of carbonyl (C=O) groups is 2. The Bertz CT molecular complexity index is 1100. The molecule has 2 aromatic rings. The van der Waals surface area contributed by atoms with Gasteiger partial charge >= 0.3 is 6.03 Å². The first-order valence-electron chi connectivity index (χ1n) is 13.4. The summed E-state index contributed by atoms with van der Waals surface area (Å²) < 4.78 is 6.05. The average Bonchev–Trinajstić information content (AvgIpc) is 2.93. The summed E-state index contributed by atoms with van der Waals surface area (Å²) in [5.41, 5.74) is 4.67. The molecule has 3 heterocycles. The summed E-state index contributed by atoms with van der Waals surface area (Å²) in [5.74, 6) is 1.03. The van der Waals surface area contributed by atoms with Crippen molar-refractivity contribution in [2.45, 2.75) is 46.1 Å². The number of para-hydroxylation sites is 2. The molecule has 2 aromatic carbocycles. The van der Waals surface area contributed by atoms with Gasteiger partial charge in [0.2, 0.25) is 5.91 Å². The maximum absolute atomic E-state index is 13.5. The Morgan fingerprint density at radius 2 is 1.61 bits per heavy atom. The number of fused-ring (bicyclic) bond motifs is 1. The lowest BCUT2D eigenvalue weighted by molar-refractivity contribution is -0.137. The number of aryl methyl sites for hydroxylation is 2. The molecule has 3 aliphatic rings. The minimum Gasteiger partial charge on any atom is -0.486 e. The van der Waals surface area contributed by atoms with Crippen LogP contribution in [0.3, 0.4) is 0 Å². The Morgan fingerprint density at radius 1 is 0.889 bits per heavy atom. The highest BCUT2D eigenvalue weighted by molar-refractivity contribution is 5.94. The number of anilines is 2. The molecule has 3 aliphatic heterocycles. The molecule has 2 fully saturated rings. The molecule has 1 atom stereocenters. The summed E-state index contributed by atoms with van der Waals surface area (Å²) in [6, 6.07) is 14.4. The lowest BCUT2D eigenvalue weighted by atomic mass is 9.95. The second-order valence-corrected chi connectivity index (χ2v) is 10.4. The first-order chi connectivity index (χ1) is 17.4. The van der Waals surface area contributed by atoms with Gasteiger partial charge in [-0.2, -0.15) is 0 Å². The predicted molar refractivity (Wildman–Crippen MR) is 143 cm³/mol. The van der Waals surface area contributed by atoms with Crippen molar-refractivity contribution in [3.63, 3.8) is 0 Å². The van der Waals surface area contributed by atoms with E-state index < -0.39 is 0 Å². The van der Waals surface area contributed by atoms with E-state index in [1.54, 1.807) is 0 Å². The van der Waals surface area contributed by atoms with Crippen LogP contribution in [-0.2, 0) is 4.79 Å². The van der Waals surface area contributed by atoms with Crippen LogP contribution in [-0.4, -0.2) is 73.7 Å². The number of hydrogen-bond donors (Lipinski definition) is 0. The Morgan fingerprint density at radius 3 is 2.33 bits per heavy atom. The van der Waals surface area contributed by atoms with Crippen molar-refractivity contribution in [3.05, 3.63) is 53.6 Å². The Hall–Kier alpha value is -3.22. The summed E-state index contributed by atoms with van der Waals surface area (Å²) in [5, 5.41) is 0. The minimum absolute atomic E-state index is 0.00155. The average molecular weight is 491 g/mol. The first kappa shape index (κ1) is 24.5. The molecule has 192 valence electrons. The number of hydrogen-bond acceptors (Lipinski definition) is 4. The standard InChI is InChI=1S/C29H38N4O3/c1-4-24-20-33(25-7-5-6-8-27(25)36-24)29(35)32-13-11-23(12-14-32)28(34)31-17-15-30(16-18-31)26-19-21(2)9-10-22(26)3/h5-10,19,23-24H,4,11-18,20H2,1-3H3/t24-/m0/s1. The van der Waals surface area contributed by atoms with Gasteiger partial charge in [-0.1, -0.05) is 31.2 Å². The van der Waals surface area contributed by atoms with Crippen LogP contribution in [0.15, 0.2) is 42.5 Å². The van der Waals surface area contributed by atoms with Crippen molar-refractivity contribution in [2.24, 2.45) is 5.92 Å². The summed E-state index contributed by atoms with van der Waals surface area (Å²) in [7, 11) is 0. The number of piperidine rings is 1. The van der Waals surface area contributed by atoms with Crippen LogP contribution in [0.25, 0.3) is 0 Å². The van der Waals surface area contributed by atoms with Crippen molar-refractivity contribution < 1.29 is 14.3 Å². The quantitative estimate of drug-likeness (QED) is 0.638. The van der Waals surface area contributed by atoms with Gasteiger partial charge in [-0.3, -0.25) is 9.69 Å².